The SMILES string of the molecule is CCN(CC)c1nc(COC)cc(=O)[nH]1. The highest BCUT2D eigenvalue weighted by molar-refractivity contribution is 5.29. The fourth-order valence-corrected chi connectivity index (χ4v) is 1.39. The number of rotatable bonds is 5. The Morgan fingerprint density at radius 1 is 1.47 bits per heavy atom. The number of nitrogens with one attached hydrogen (secondary N) is 1. The van der Waals surface area contributed by atoms with Crippen LogP contribution >= 0.6 is 0 Å². The molecule has 0 bridgehead atoms. The minimum atomic E-state index is -0.140. The first-order valence-corrected chi connectivity index (χ1v) is 5.05. The molecular weight excluding hydrogens is 194 g/mol. The van der Waals surface area contributed by atoms with Crippen LogP contribution in [0.1, 0.15) is 19.5 Å². The van der Waals surface area contributed by atoms with E-state index in [2.05, 4.69) is 9.97 Å². The molecule has 84 valence electrons. The van der Waals surface area contributed by atoms with Gasteiger partial charge >= 0.3 is 0 Å². The van der Waals surface area contributed by atoms with Gasteiger partial charge in [0.25, 0.3) is 5.56 Å². The van der Waals surface area contributed by atoms with Crippen LogP contribution in [0.5, 0.6) is 0 Å². The molecule has 1 heterocycles. The lowest BCUT2D eigenvalue weighted by Crippen LogP contribution is -2.27. The minimum absolute atomic E-state index is 0.140. The van der Waals surface area contributed by atoms with Gasteiger partial charge in [-0.1, -0.05) is 0 Å². The van der Waals surface area contributed by atoms with Crippen LogP contribution in [0.3, 0.4) is 0 Å². The summed E-state index contributed by atoms with van der Waals surface area (Å²) in [6.45, 7) is 6.03. The van der Waals surface area contributed by atoms with Gasteiger partial charge in [-0.3, -0.25) is 9.78 Å². The van der Waals surface area contributed by atoms with E-state index < -0.39 is 0 Å². The number of hydrogen-bond donors (Lipinski definition) is 1. The Hall–Kier alpha value is -1.36. The molecule has 0 spiro atoms. The van der Waals surface area contributed by atoms with E-state index in [4.69, 9.17) is 4.74 Å². The molecule has 1 N–H and O–H groups in total. The quantitative estimate of drug-likeness (QED) is 0.781. The van der Waals surface area contributed by atoms with Crippen molar-refractivity contribution in [2.75, 3.05) is 25.1 Å². The van der Waals surface area contributed by atoms with E-state index in [0.29, 0.717) is 18.2 Å². The number of aromatic nitrogens is 2. The van der Waals surface area contributed by atoms with Crippen LogP contribution in [0, 0.1) is 0 Å². The van der Waals surface area contributed by atoms with E-state index in [9.17, 15) is 4.79 Å². The molecule has 0 atom stereocenters. The Labute approximate surface area is 89.1 Å². The zero-order valence-corrected chi connectivity index (χ0v) is 9.41. The van der Waals surface area contributed by atoms with Crippen molar-refractivity contribution >= 4 is 5.95 Å². The molecule has 0 aromatic carbocycles. The first kappa shape index (κ1) is 11.7. The van der Waals surface area contributed by atoms with Crippen molar-refractivity contribution in [3.63, 3.8) is 0 Å². The third kappa shape index (κ3) is 3.06. The van der Waals surface area contributed by atoms with Gasteiger partial charge in [-0.25, -0.2) is 4.98 Å². The fraction of sp³-hybridized carbons (Fsp3) is 0.600. The van der Waals surface area contributed by atoms with E-state index in [1.807, 2.05) is 18.7 Å². The number of nitrogens with zero attached hydrogens (tertiary/aromatic N) is 2. The average Bonchev–Trinajstić information content (AvgIpc) is 2.19. The standard InChI is InChI=1S/C10H17N3O2/c1-4-13(5-2)10-11-8(7-15-3)6-9(14)12-10/h6H,4-5,7H2,1-3H3,(H,11,12,14). The maximum absolute atomic E-state index is 11.3. The molecule has 0 aliphatic rings. The van der Waals surface area contributed by atoms with Crippen LogP contribution in [-0.4, -0.2) is 30.2 Å². The highest BCUT2D eigenvalue weighted by Gasteiger charge is 2.06. The highest BCUT2D eigenvalue weighted by atomic mass is 16.5. The normalized spacial score (nSPS) is 10.3. The van der Waals surface area contributed by atoms with Gasteiger partial charge < -0.3 is 9.64 Å². The average molecular weight is 211 g/mol. The fourth-order valence-electron chi connectivity index (χ4n) is 1.39. The molecule has 15 heavy (non-hydrogen) atoms. The number of H-pyrrole nitrogens is 1. The summed E-state index contributed by atoms with van der Waals surface area (Å²) >= 11 is 0. The molecule has 0 aliphatic heterocycles. The van der Waals surface area contributed by atoms with Crippen LogP contribution in [-0.2, 0) is 11.3 Å². The summed E-state index contributed by atoms with van der Waals surface area (Å²) in [6.07, 6.45) is 0. The molecule has 0 aliphatic carbocycles. The predicted molar refractivity (Wildman–Crippen MR) is 59.1 cm³/mol. The Balaban J connectivity index is 3.02. The second-order valence-corrected chi connectivity index (χ2v) is 3.17. The molecule has 0 fully saturated rings. The van der Waals surface area contributed by atoms with E-state index in [0.717, 1.165) is 13.1 Å². The minimum Gasteiger partial charge on any atom is -0.378 e. The first-order valence-electron chi connectivity index (χ1n) is 5.05. The second-order valence-electron chi connectivity index (χ2n) is 3.17. The van der Waals surface area contributed by atoms with Gasteiger partial charge in [0, 0.05) is 26.3 Å². The lowest BCUT2D eigenvalue weighted by atomic mass is 10.4. The summed E-state index contributed by atoms with van der Waals surface area (Å²) < 4.78 is 4.95. The maximum atomic E-state index is 11.3. The number of hydrogen-bond acceptors (Lipinski definition) is 4. The summed E-state index contributed by atoms with van der Waals surface area (Å²) in [5.74, 6) is 0.611. The summed E-state index contributed by atoms with van der Waals surface area (Å²) in [7, 11) is 1.58. The van der Waals surface area contributed by atoms with Gasteiger partial charge in [0.2, 0.25) is 5.95 Å². The number of anilines is 1. The van der Waals surface area contributed by atoms with E-state index in [1.165, 1.54) is 6.07 Å². The van der Waals surface area contributed by atoms with Crippen molar-refractivity contribution in [1.82, 2.24) is 9.97 Å². The lowest BCUT2D eigenvalue weighted by Gasteiger charge is -2.19. The monoisotopic (exact) mass is 211 g/mol. The molecule has 0 saturated carbocycles. The molecule has 1 aromatic rings. The van der Waals surface area contributed by atoms with E-state index in [1.54, 1.807) is 7.11 Å². The first-order chi connectivity index (χ1) is 7.21. The van der Waals surface area contributed by atoms with Gasteiger partial charge in [0.05, 0.1) is 12.3 Å². The van der Waals surface area contributed by atoms with Crippen molar-refractivity contribution in [3.8, 4) is 0 Å². The van der Waals surface area contributed by atoms with Crippen LogP contribution in [0.15, 0.2) is 10.9 Å². The Kier molecular flexibility index (Phi) is 4.30. The van der Waals surface area contributed by atoms with Crippen molar-refractivity contribution < 1.29 is 4.74 Å². The predicted octanol–water partition coefficient (Wildman–Crippen LogP) is 0.762. The molecule has 1 rings (SSSR count). The van der Waals surface area contributed by atoms with Gasteiger partial charge in [0.15, 0.2) is 0 Å². The Bertz CT molecular complexity index is 358. The zero-order chi connectivity index (χ0) is 11.3. The molecule has 5 heteroatoms. The lowest BCUT2D eigenvalue weighted by molar-refractivity contribution is 0.181. The molecule has 0 radical (unpaired) electrons. The topological polar surface area (TPSA) is 58.2 Å². The van der Waals surface area contributed by atoms with Crippen LogP contribution < -0.4 is 10.5 Å². The Morgan fingerprint density at radius 3 is 2.67 bits per heavy atom. The van der Waals surface area contributed by atoms with Crippen molar-refractivity contribution in [1.29, 1.82) is 0 Å². The Morgan fingerprint density at radius 2 is 2.13 bits per heavy atom. The molecule has 5 nitrogen and oxygen atoms in total. The van der Waals surface area contributed by atoms with Crippen LogP contribution in [0.4, 0.5) is 5.95 Å². The summed E-state index contributed by atoms with van der Waals surface area (Å²) in [4.78, 5) is 20.4. The molecule has 0 unspecified atom stereocenters. The van der Waals surface area contributed by atoms with E-state index >= 15 is 0 Å². The zero-order valence-electron chi connectivity index (χ0n) is 9.41. The molecule has 0 amide bonds. The summed E-state index contributed by atoms with van der Waals surface area (Å²) in [5, 5.41) is 0. The van der Waals surface area contributed by atoms with Gasteiger partial charge in [0.1, 0.15) is 0 Å². The summed E-state index contributed by atoms with van der Waals surface area (Å²) in [6, 6.07) is 1.45. The number of ether oxygens (including phenoxy) is 1. The van der Waals surface area contributed by atoms with Crippen LogP contribution in [0.25, 0.3) is 0 Å². The van der Waals surface area contributed by atoms with Crippen molar-refractivity contribution in [2.24, 2.45) is 0 Å². The van der Waals surface area contributed by atoms with Crippen molar-refractivity contribution in [2.45, 2.75) is 20.5 Å². The third-order valence-electron chi connectivity index (χ3n) is 2.14. The largest absolute Gasteiger partial charge is 0.378 e. The third-order valence-corrected chi connectivity index (χ3v) is 2.14. The number of methoxy groups -OCH3 is 1. The van der Waals surface area contributed by atoms with Crippen LogP contribution in [0.2, 0.25) is 0 Å². The maximum Gasteiger partial charge on any atom is 0.252 e. The molecule has 0 saturated heterocycles. The second kappa shape index (κ2) is 5.50. The van der Waals surface area contributed by atoms with Gasteiger partial charge in [-0.05, 0) is 13.8 Å². The van der Waals surface area contributed by atoms with Gasteiger partial charge in [-0.15, -0.1) is 0 Å². The van der Waals surface area contributed by atoms with E-state index in [-0.39, 0.29) is 5.56 Å². The molecule has 1 aromatic heterocycles. The summed E-state index contributed by atoms with van der Waals surface area (Å²) in [5.41, 5.74) is 0.516. The molecular formula is C10H17N3O2. The smallest absolute Gasteiger partial charge is 0.252 e. The number of aromatic amines is 1. The van der Waals surface area contributed by atoms with Gasteiger partial charge in [-0.2, -0.15) is 0 Å². The van der Waals surface area contributed by atoms with Crippen molar-refractivity contribution in [3.05, 3.63) is 22.1 Å². The highest BCUT2D eigenvalue weighted by Crippen LogP contribution is 2.05.